The van der Waals surface area contributed by atoms with E-state index in [9.17, 15) is 32.3 Å². The number of thioether (sulfide) groups is 1. The zero-order chi connectivity index (χ0) is 35.1. The van der Waals surface area contributed by atoms with Crippen molar-refractivity contribution < 1.29 is 41.8 Å². The quantitative estimate of drug-likeness (QED) is 0.190. The van der Waals surface area contributed by atoms with E-state index in [1.165, 1.54) is 13.8 Å². The fourth-order valence-electron chi connectivity index (χ4n) is 9.83. The molecule has 4 aliphatic carbocycles. The molecule has 1 amide bonds. The molecule has 0 aliphatic heterocycles. The molecule has 258 valence electrons. The predicted molar refractivity (Wildman–Crippen MR) is 173 cm³/mol. The van der Waals surface area contributed by atoms with E-state index in [1.54, 1.807) is 13.0 Å². The molecule has 5 rings (SSSR count). The summed E-state index contributed by atoms with van der Waals surface area (Å²) in [4.78, 5) is 50.1. The SMILES string of the molecule is CC(=O)Oc1cc2c(c(C)c1OC(C)=O)C(SC(=O)CC(F)(F)F)C=C1[C@@]2(C)CC[C@@]2(C)[C@@H]3C[C@](C)(C(N)=O)CC[C@]3(C)CC[C@]12C. The van der Waals surface area contributed by atoms with Crippen LogP contribution in [0.4, 0.5) is 13.2 Å². The maximum atomic E-state index is 13.4. The van der Waals surface area contributed by atoms with Crippen molar-refractivity contribution in [2.75, 3.05) is 0 Å². The van der Waals surface area contributed by atoms with Gasteiger partial charge >= 0.3 is 18.1 Å². The van der Waals surface area contributed by atoms with Crippen LogP contribution in [0.15, 0.2) is 17.7 Å². The smallest absolute Gasteiger partial charge is 0.396 e. The van der Waals surface area contributed by atoms with Crippen molar-refractivity contribution in [1.82, 2.24) is 0 Å². The molecule has 0 heterocycles. The van der Waals surface area contributed by atoms with Crippen LogP contribution in [0.1, 0.15) is 122 Å². The monoisotopic (exact) mass is 677 g/mol. The van der Waals surface area contributed by atoms with Gasteiger partial charge in [0.15, 0.2) is 16.6 Å². The maximum absolute atomic E-state index is 13.4. The second kappa shape index (κ2) is 11.4. The average molecular weight is 678 g/mol. The molecule has 0 aromatic heterocycles. The highest BCUT2D eigenvalue weighted by atomic mass is 32.2. The van der Waals surface area contributed by atoms with Crippen LogP contribution in [-0.2, 0) is 24.6 Å². The van der Waals surface area contributed by atoms with E-state index in [1.807, 2.05) is 13.0 Å². The van der Waals surface area contributed by atoms with Crippen LogP contribution in [-0.4, -0.2) is 29.1 Å². The average Bonchev–Trinajstić information content (AvgIpc) is 2.93. The van der Waals surface area contributed by atoms with Crippen molar-refractivity contribution in [2.24, 2.45) is 33.3 Å². The summed E-state index contributed by atoms with van der Waals surface area (Å²) in [5.41, 5.74) is 6.81. The molecule has 0 saturated heterocycles. The van der Waals surface area contributed by atoms with E-state index >= 15 is 0 Å². The summed E-state index contributed by atoms with van der Waals surface area (Å²) in [6, 6.07) is 1.68. The largest absolute Gasteiger partial charge is 0.423 e. The van der Waals surface area contributed by atoms with E-state index in [2.05, 4.69) is 27.7 Å². The Bertz CT molecular complexity index is 1590. The van der Waals surface area contributed by atoms with Gasteiger partial charge in [0.05, 0.1) is 5.25 Å². The van der Waals surface area contributed by atoms with Crippen molar-refractivity contribution in [3.8, 4) is 11.5 Å². The van der Waals surface area contributed by atoms with Gasteiger partial charge in [-0.3, -0.25) is 19.2 Å². The first-order valence-corrected chi connectivity index (χ1v) is 17.2. The second-order valence-corrected chi connectivity index (χ2v) is 16.9. The minimum absolute atomic E-state index is 0.00105. The molecule has 0 spiro atoms. The summed E-state index contributed by atoms with van der Waals surface area (Å²) >= 11 is 0.624. The Morgan fingerprint density at radius 1 is 0.936 bits per heavy atom. The summed E-state index contributed by atoms with van der Waals surface area (Å²) in [6.45, 7) is 15.1. The summed E-state index contributed by atoms with van der Waals surface area (Å²) in [6.07, 6.45) is 1.26. The number of benzene rings is 1. The van der Waals surface area contributed by atoms with Gasteiger partial charge in [0, 0.05) is 30.2 Å². The maximum Gasteiger partial charge on any atom is 0.396 e. The molecular weight excluding hydrogens is 631 g/mol. The van der Waals surface area contributed by atoms with Crippen LogP contribution < -0.4 is 15.2 Å². The fourth-order valence-corrected chi connectivity index (χ4v) is 11.0. The molecule has 47 heavy (non-hydrogen) atoms. The van der Waals surface area contributed by atoms with Crippen LogP contribution in [0.25, 0.3) is 0 Å². The van der Waals surface area contributed by atoms with Crippen molar-refractivity contribution in [3.63, 3.8) is 0 Å². The number of esters is 2. The Balaban J connectivity index is 1.73. The molecular formula is C36H46F3NO6S. The Hall–Kier alpha value is -2.82. The lowest BCUT2D eigenvalue weighted by molar-refractivity contribution is -0.166. The molecule has 3 saturated carbocycles. The standard InChI is InChI=1S/C36H46F3NO6S/c1-19-28-22(15-23(45-20(2)41)29(19)46-21(3)42)33(6)12-14-35(8)26-17-32(5,30(40)44)10-9-31(26,4)11-13-34(35,7)25(33)16-24(28)47-27(43)18-36(37,38)39/h15-16,24,26H,9-14,17-18H2,1-8H3,(H2,40,44)/t24?,26-,31-,32-,33+,34-,35+/m1/s1. The second-order valence-electron chi connectivity index (χ2n) is 15.7. The minimum atomic E-state index is -4.67. The van der Waals surface area contributed by atoms with Gasteiger partial charge in [-0.15, -0.1) is 0 Å². The number of nitrogens with two attached hydrogens (primary N) is 1. The van der Waals surface area contributed by atoms with Crippen LogP contribution >= 0.6 is 11.8 Å². The third-order valence-corrected chi connectivity index (χ3v) is 13.8. The third-order valence-electron chi connectivity index (χ3n) is 12.7. The Morgan fingerprint density at radius 3 is 2.13 bits per heavy atom. The minimum Gasteiger partial charge on any atom is -0.423 e. The number of carbonyl (C=O) groups excluding carboxylic acids is 4. The summed E-state index contributed by atoms with van der Waals surface area (Å²) in [5, 5.41) is -1.82. The highest BCUT2D eigenvalue weighted by Crippen LogP contribution is 2.75. The van der Waals surface area contributed by atoms with Gasteiger partial charge in [-0.1, -0.05) is 58.0 Å². The van der Waals surface area contributed by atoms with E-state index < -0.39 is 51.1 Å². The van der Waals surface area contributed by atoms with Gasteiger partial charge in [-0.2, -0.15) is 13.2 Å². The Morgan fingerprint density at radius 2 is 1.55 bits per heavy atom. The first-order chi connectivity index (χ1) is 21.5. The summed E-state index contributed by atoms with van der Waals surface area (Å²) in [5.74, 6) is -1.35. The van der Waals surface area contributed by atoms with Gasteiger partial charge in [-0.25, -0.2) is 0 Å². The number of hydrogen-bond donors (Lipinski definition) is 1. The number of fused-ring (bicyclic) bond motifs is 7. The van der Waals surface area contributed by atoms with Crippen molar-refractivity contribution in [3.05, 3.63) is 34.4 Å². The van der Waals surface area contributed by atoms with Crippen LogP contribution in [0.3, 0.4) is 0 Å². The van der Waals surface area contributed by atoms with E-state index in [0.29, 0.717) is 35.7 Å². The molecule has 7 atom stereocenters. The van der Waals surface area contributed by atoms with Crippen LogP contribution in [0.2, 0.25) is 0 Å². The highest BCUT2D eigenvalue weighted by molar-refractivity contribution is 8.13. The molecule has 3 fully saturated rings. The van der Waals surface area contributed by atoms with Crippen molar-refractivity contribution in [2.45, 2.75) is 124 Å². The number of primary amides is 1. The molecule has 1 unspecified atom stereocenters. The topological polar surface area (TPSA) is 113 Å². The Kier molecular flexibility index (Phi) is 8.59. The van der Waals surface area contributed by atoms with Gasteiger partial charge < -0.3 is 15.2 Å². The molecule has 7 nitrogen and oxygen atoms in total. The lowest BCUT2D eigenvalue weighted by Crippen LogP contribution is -2.63. The summed E-state index contributed by atoms with van der Waals surface area (Å²) in [7, 11) is 0. The highest BCUT2D eigenvalue weighted by Gasteiger charge is 2.67. The molecule has 0 radical (unpaired) electrons. The lowest BCUT2D eigenvalue weighted by Gasteiger charge is -2.70. The Labute approximate surface area is 278 Å². The molecule has 2 N–H and O–H groups in total. The van der Waals surface area contributed by atoms with Gasteiger partial charge in [0.25, 0.3) is 0 Å². The lowest BCUT2D eigenvalue weighted by atomic mass is 9.34. The van der Waals surface area contributed by atoms with E-state index in [-0.39, 0.29) is 34.2 Å². The number of hydrogen-bond acceptors (Lipinski definition) is 7. The van der Waals surface area contributed by atoms with Crippen molar-refractivity contribution in [1.29, 1.82) is 0 Å². The number of rotatable bonds is 5. The molecule has 1 aromatic carbocycles. The zero-order valence-corrected chi connectivity index (χ0v) is 29.4. The molecule has 4 aliphatic rings. The van der Waals surface area contributed by atoms with E-state index in [0.717, 1.165) is 43.2 Å². The number of alkyl halides is 3. The van der Waals surface area contributed by atoms with Gasteiger partial charge in [0.1, 0.15) is 6.42 Å². The van der Waals surface area contributed by atoms with Crippen LogP contribution in [0, 0.1) is 34.5 Å². The number of allylic oxidation sites excluding steroid dienone is 1. The summed E-state index contributed by atoms with van der Waals surface area (Å²) < 4.78 is 51.3. The number of carbonyl (C=O) groups is 4. The third kappa shape index (κ3) is 5.72. The van der Waals surface area contributed by atoms with Gasteiger partial charge in [-0.05, 0) is 91.2 Å². The van der Waals surface area contributed by atoms with Gasteiger partial charge in [0.2, 0.25) is 5.91 Å². The van der Waals surface area contributed by atoms with E-state index in [4.69, 9.17) is 15.2 Å². The molecule has 0 bridgehead atoms. The predicted octanol–water partition coefficient (Wildman–Crippen LogP) is 8.19. The first-order valence-electron chi connectivity index (χ1n) is 16.3. The number of halogens is 3. The molecule has 11 heteroatoms. The number of amides is 1. The van der Waals surface area contributed by atoms with Crippen molar-refractivity contribution >= 4 is 34.7 Å². The van der Waals surface area contributed by atoms with Crippen LogP contribution in [0.5, 0.6) is 11.5 Å². The normalized spacial score (nSPS) is 36.1. The molecule has 1 aromatic rings. The zero-order valence-electron chi connectivity index (χ0n) is 28.5. The number of ether oxygens (including phenoxy) is 2. The fraction of sp³-hybridized carbons (Fsp3) is 0.667. The first kappa shape index (κ1) is 35.5.